The minimum atomic E-state index is -0.980. The van der Waals surface area contributed by atoms with Gasteiger partial charge in [-0.25, -0.2) is 4.79 Å². The molecule has 0 heterocycles. The van der Waals surface area contributed by atoms with Crippen LogP contribution in [0.2, 0.25) is 0 Å². The molecule has 0 amide bonds. The largest absolute Gasteiger partial charge is 0.491 e. The normalized spacial score (nSPS) is 12.8. The summed E-state index contributed by atoms with van der Waals surface area (Å²) in [4.78, 5) is 12.2. The Balaban J connectivity index is 2.46. The highest BCUT2D eigenvalue weighted by Crippen LogP contribution is 2.13. The summed E-state index contributed by atoms with van der Waals surface area (Å²) in [6.07, 6.45) is 2.05. The summed E-state index contributed by atoms with van der Waals surface area (Å²) < 4.78 is 5.43. The van der Waals surface area contributed by atoms with Gasteiger partial charge in [0.15, 0.2) is 0 Å². The summed E-state index contributed by atoms with van der Waals surface area (Å²) >= 11 is 0. The number of carboxylic acid groups (broad SMARTS) is 1. The molecule has 0 spiro atoms. The fraction of sp³-hybridized carbons (Fsp3) is 0.357. The Labute approximate surface area is 112 Å². The number of rotatable bonds is 7. The Hall–Kier alpha value is -1.85. The quantitative estimate of drug-likeness (QED) is 0.722. The molecule has 1 aromatic carbocycles. The number of hydrogen-bond donors (Lipinski definition) is 2. The van der Waals surface area contributed by atoms with Crippen molar-refractivity contribution in [3.63, 3.8) is 0 Å². The van der Waals surface area contributed by atoms with Crippen LogP contribution in [0.3, 0.4) is 0 Å². The zero-order chi connectivity index (χ0) is 14.3. The standard InChI is InChI=1S/C14H19NO4/c1-15(2)9-12(16)10-19-13-6-3-11(4-7-13)5-8-14(17)18/h3-8,12,16H,9-10H2,1-2H3,(H,17,18)/b8-5+. The molecule has 1 rings (SSSR count). The average molecular weight is 265 g/mol. The van der Waals surface area contributed by atoms with E-state index in [1.165, 1.54) is 6.08 Å². The van der Waals surface area contributed by atoms with Crippen LogP contribution in [0, 0.1) is 0 Å². The van der Waals surface area contributed by atoms with E-state index < -0.39 is 12.1 Å². The zero-order valence-corrected chi connectivity index (χ0v) is 11.1. The lowest BCUT2D eigenvalue weighted by atomic mass is 10.2. The van der Waals surface area contributed by atoms with Crippen LogP contribution in [0.4, 0.5) is 0 Å². The van der Waals surface area contributed by atoms with Crippen molar-refractivity contribution in [1.82, 2.24) is 4.90 Å². The first kappa shape index (κ1) is 15.2. The molecule has 5 nitrogen and oxygen atoms in total. The van der Waals surface area contributed by atoms with Crippen molar-refractivity contribution in [3.8, 4) is 5.75 Å². The van der Waals surface area contributed by atoms with Crippen molar-refractivity contribution >= 4 is 12.0 Å². The number of benzene rings is 1. The summed E-state index contributed by atoms with van der Waals surface area (Å²) in [6.45, 7) is 0.766. The lowest BCUT2D eigenvalue weighted by molar-refractivity contribution is -0.131. The van der Waals surface area contributed by atoms with E-state index in [-0.39, 0.29) is 6.61 Å². The third kappa shape index (κ3) is 6.59. The van der Waals surface area contributed by atoms with Crippen LogP contribution in [0.15, 0.2) is 30.3 Å². The molecule has 0 aromatic heterocycles. The maximum Gasteiger partial charge on any atom is 0.328 e. The van der Waals surface area contributed by atoms with E-state index in [1.807, 2.05) is 19.0 Å². The Morgan fingerprint density at radius 1 is 1.37 bits per heavy atom. The second-order valence-electron chi connectivity index (χ2n) is 4.47. The van der Waals surface area contributed by atoms with Gasteiger partial charge in [-0.3, -0.25) is 0 Å². The topological polar surface area (TPSA) is 70.0 Å². The van der Waals surface area contributed by atoms with Crippen molar-refractivity contribution < 1.29 is 19.7 Å². The van der Waals surface area contributed by atoms with E-state index in [0.29, 0.717) is 12.3 Å². The van der Waals surface area contributed by atoms with E-state index in [1.54, 1.807) is 24.3 Å². The molecule has 19 heavy (non-hydrogen) atoms. The first-order valence-electron chi connectivity index (χ1n) is 5.94. The van der Waals surface area contributed by atoms with E-state index in [0.717, 1.165) is 11.6 Å². The lowest BCUT2D eigenvalue weighted by Crippen LogP contribution is -2.30. The molecule has 0 saturated carbocycles. The molecule has 1 aromatic rings. The zero-order valence-electron chi connectivity index (χ0n) is 11.1. The second-order valence-corrected chi connectivity index (χ2v) is 4.47. The summed E-state index contributed by atoms with van der Waals surface area (Å²) in [5.74, 6) is -0.336. The van der Waals surface area contributed by atoms with Crippen molar-refractivity contribution in [1.29, 1.82) is 0 Å². The van der Waals surface area contributed by atoms with Crippen molar-refractivity contribution in [2.45, 2.75) is 6.10 Å². The van der Waals surface area contributed by atoms with E-state index >= 15 is 0 Å². The molecule has 0 saturated heterocycles. The van der Waals surface area contributed by atoms with E-state index in [9.17, 15) is 9.90 Å². The van der Waals surface area contributed by atoms with Crippen LogP contribution in [0.1, 0.15) is 5.56 Å². The van der Waals surface area contributed by atoms with Crippen LogP contribution in [-0.2, 0) is 4.79 Å². The monoisotopic (exact) mass is 265 g/mol. The number of aliphatic hydroxyl groups excluding tert-OH is 1. The molecule has 0 aliphatic carbocycles. The van der Waals surface area contributed by atoms with Gasteiger partial charge in [-0.15, -0.1) is 0 Å². The third-order valence-electron chi connectivity index (χ3n) is 2.32. The second kappa shape index (κ2) is 7.56. The molecule has 1 atom stereocenters. The number of carbonyl (C=O) groups is 1. The Kier molecular flexibility index (Phi) is 6.05. The molecule has 0 bridgehead atoms. The van der Waals surface area contributed by atoms with Crippen molar-refractivity contribution in [2.75, 3.05) is 27.2 Å². The third-order valence-corrected chi connectivity index (χ3v) is 2.32. The van der Waals surface area contributed by atoms with Crippen LogP contribution in [0.25, 0.3) is 6.08 Å². The summed E-state index contributed by atoms with van der Waals surface area (Å²) in [7, 11) is 3.76. The minimum Gasteiger partial charge on any atom is -0.491 e. The number of aliphatic hydroxyl groups is 1. The summed E-state index contributed by atoms with van der Waals surface area (Å²) in [5.41, 5.74) is 0.781. The summed E-state index contributed by atoms with van der Waals surface area (Å²) in [6, 6.07) is 6.99. The highest BCUT2D eigenvalue weighted by molar-refractivity contribution is 5.85. The van der Waals surface area contributed by atoms with Crippen LogP contribution in [-0.4, -0.2) is 54.4 Å². The molecule has 0 fully saturated rings. The average Bonchev–Trinajstić information content (AvgIpc) is 2.34. The van der Waals surface area contributed by atoms with Crippen molar-refractivity contribution in [3.05, 3.63) is 35.9 Å². The fourth-order valence-electron chi connectivity index (χ4n) is 1.51. The Bertz CT molecular complexity index is 426. The van der Waals surface area contributed by atoms with Crippen LogP contribution < -0.4 is 4.74 Å². The molecule has 5 heteroatoms. The lowest BCUT2D eigenvalue weighted by Gasteiger charge is -2.16. The smallest absolute Gasteiger partial charge is 0.328 e. The van der Waals surface area contributed by atoms with Gasteiger partial charge in [0.1, 0.15) is 18.5 Å². The predicted molar refractivity (Wildman–Crippen MR) is 73.2 cm³/mol. The Morgan fingerprint density at radius 2 is 2.00 bits per heavy atom. The SMILES string of the molecule is CN(C)CC(O)COc1ccc(/C=C/C(=O)O)cc1. The van der Waals surface area contributed by atoms with Gasteiger partial charge in [0, 0.05) is 12.6 Å². The maximum atomic E-state index is 10.4. The molecule has 0 aliphatic heterocycles. The number of likely N-dealkylation sites (N-methyl/N-ethyl adjacent to an activating group) is 1. The van der Waals surface area contributed by atoms with Crippen LogP contribution >= 0.6 is 0 Å². The van der Waals surface area contributed by atoms with Gasteiger partial charge in [-0.1, -0.05) is 12.1 Å². The number of nitrogens with zero attached hydrogens (tertiary/aromatic N) is 1. The number of hydrogen-bond acceptors (Lipinski definition) is 4. The first-order chi connectivity index (χ1) is 8.97. The van der Waals surface area contributed by atoms with E-state index in [2.05, 4.69) is 0 Å². The predicted octanol–water partition coefficient (Wildman–Crippen LogP) is 1.09. The summed E-state index contributed by atoms with van der Waals surface area (Å²) in [5, 5.41) is 18.1. The highest BCUT2D eigenvalue weighted by atomic mass is 16.5. The van der Waals surface area contributed by atoms with Gasteiger partial charge in [0.25, 0.3) is 0 Å². The van der Waals surface area contributed by atoms with Gasteiger partial charge in [-0.05, 0) is 37.9 Å². The molecule has 104 valence electrons. The molecular formula is C14H19NO4. The fourth-order valence-corrected chi connectivity index (χ4v) is 1.51. The van der Waals surface area contributed by atoms with Gasteiger partial charge in [-0.2, -0.15) is 0 Å². The van der Waals surface area contributed by atoms with E-state index in [4.69, 9.17) is 9.84 Å². The number of ether oxygens (including phenoxy) is 1. The maximum absolute atomic E-state index is 10.4. The Morgan fingerprint density at radius 3 is 2.53 bits per heavy atom. The number of carboxylic acids is 1. The van der Waals surface area contributed by atoms with Gasteiger partial charge in [0.05, 0.1) is 0 Å². The first-order valence-corrected chi connectivity index (χ1v) is 5.94. The molecule has 0 radical (unpaired) electrons. The van der Waals surface area contributed by atoms with Gasteiger partial charge >= 0.3 is 5.97 Å². The van der Waals surface area contributed by atoms with Crippen LogP contribution in [0.5, 0.6) is 5.75 Å². The van der Waals surface area contributed by atoms with Gasteiger partial charge < -0.3 is 19.8 Å². The van der Waals surface area contributed by atoms with Gasteiger partial charge in [0.2, 0.25) is 0 Å². The molecule has 0 aliphatic rings. The van der Waals surface area contributed by atoms with Crippen molar-refractivity contribution in [2.24, 2.45) is 0 Å². The number of aliphatic carboxylic acids is 1. The highest BCUT2D eigenvalue weighted by Gasteiger charge is 2.06. The molecular weight excluding hydrogens is 246 g/mol. The molecule has 1 unspecified atom stereocenters. The minimum absolute atomic E-state index is 0.225. The molecule has 2 N–H and O–H groups in total.